The van der Waals surface area contributed by atoms with Gasteiger partial charge in [0.15, 0.2) is 11.5 Å². The lowest BCUT2D eigenvalue weighted by atomic mass is 10.0. The fourth-order valence-corrected chi connectivity index (χ4v) is 2.48. The number of pyridine rings is 2. The Morgan fingerprint density at radius 1 is 1.12 bits per heavy atom. The van der Waals surface area contributed by atoms with Gasteiger partial charge in [0.2, 0.25) is 0 Å². The van der Waals surface area contributed by atoms with Gasteiger partial charge in [-0.3, -0.25) is 4.98 Å². The summed E-state index contributed by atoms with van der Waals surface area (Å²) in [4.78, 5) is 21.3. The third kappa shape index (κ3) is 4.29. The Balaban J connectivity index is 1.81. The summed E-state index contributed by atoms with van der Waals surface area (Å²) in [6.45, 7) is 4.17. The molecule has 0 amide bonds. The van der Waals surface area contributed by atoms with Crippen molar-refractivity contribution in [2.24, 2.45) is 5.92 Å². The molecule has 3 heterocycles. The zero-order chi connectivity index (χ0) is 17.6. The summed E-state index contributed by atoms with van der Waals surface area (Å²) in [7, 11) is 0. The molecule has 128 valence electrons. The van der Waals surface area contributed by atoms with Crippen molar-refractivity contribution >= 4 is 5.97 Å². The van der Waals surface area contributed by atoms with Crippen LogP contribution in [0.25, 0.3) is 5.82 Å². The monoisotopic (exact) mass is 336 g/mol. The van der Waals surface area contributed by atoms with Crippen molar-refractivity contribution in [3.05, 3.63) is 72.4 Å². The molecule has 0 bridgehead atoms. The van der Waals surface area contributed by atoms with E-state index in [1.165, 1.54) is 0 Å². The summed E-state index contributed by atoms with van der Waals surface area (Å²) in [5.74, 6) is 0.464. The molecule has 0 spiro atoms. The molecule has 0 saturated carbocycles. The van der Waals surface area contributed by atoms with Gasteiger partial charge in [-0.15, -0.1) is 0 Å². The first-order valence-corrected chi connectivity index (χ1v) is 8.22. The van der Waals surface area contributed by atoms with E-state index in [-0.39, 0.29) is 5.69 Å². The van der Waals surface area contributed by atoms with Gasteiger partial charge in [-0.1, -0.05) is 26.0 Å². The first-order valence-electron chi connectivity index (χ1n) is 8.22. The predicted octanol–water partition coefficient (Wildman–Crippen LogP) is 3.61. The van der Waals surface area contributed by atoms with E-state index in [1.54, 1.807) is 47.5 Å². The van der Waals surface area contributed by atoms with Crippen LogP contribution in [-0.2, 0) is 4.74 Å². The molecule has 0 unspecified atom stereocenters. The van der Waals surface area contributed by atoms with Crippen LogP contribution >= 0.6 is 0 Å². The number of aromatic nitrogens is 4. The molecule has 0 fully saturated rings. The summed E-state index contributed by atoms with van der Waals surface area (Å²) in [5.41, 5.74) is 0.991. The lowest BCUT2D eigenvalue weighted by molar-refractivity contribution is 0.0230. The second-order valence-electron chi connectivity index (χ2n) is 6.11. The van der Waals surface area contributed by atoms with Gasteiger partial charge in [-0.25, -0.2) is 14.5 Å². The average molecular weight is 336 g/mol. The molecule has 25 heavy (non-hydrogen) atoms. The molecule has 3 aromatic rings. The van der Waals surface area contributed by atoms with Crippen molar-refractivity contribution in [3.63, 3.8) is 0 Å². The molecule has 6 nitrogen and oxygen atoms in total. The summed E-state index contributed by atoms with van der Waals surface area (Å²) in [6, 6.07) is 12.6. The molecule has 3 rings (SSSR count). The standard InChI is InChI=1S/C19H20N4O2/c1-14(2)13-17(15-7-3-4-10-20-15)25-19(24)16-8-5-9-18(22-16)23-12-6-11-21-23/h3-12,14,17H,13H2,1-2H3/t17-/m0/s1. The molecule has 0 aliphatic rings. The van der Waals surface area contributed by atoms with Gasteiger partial charge in [0.25, 0.3) is 0 Å². The van der Waals surface area contributed by atoms with Crippen molar-refractivity contribution in [2.45, 2.75) is 26.4 Å². The third-order valence-electron chi connectivity index (χ3n) is 3.64. The maximum Gasteiger partial charge on any atom is 0.357 e. The van der Waals surface area contributed by atoms with E-state index < -0.39 is 12.1 Å². The summed E-state index contributed by atoms with van der Waals surface area (Å²) in [6.07, 6.45) is 5.43. The zero-order valence-corrected chi connectivity index (χ0v) is 14.2. The van der Waals surface area contributed by atoms with Crippen LogP contribution in [-0.4, -0.2) is 25.7 Å². The maximum atomic E-state index is 12.6. The Kier molecular flexibility index (Phi) is 5.18. The van der Waals surface area contributed by atoms with Gasteiger partial charge in [-0.2, -0.15) is 5.10 Å². The molecule has 0 aliphatic carbocycles. The molecular weight excluding hydrogens is 316 g/mol. The molecule has 0 N–H and O–H groups in total. The average Bonchev–Trinajstić information content (AvgIpc) is 3.16. The number of hydrogen-bond donors (Lipinski definition) is 0. The van der Waals surface area contributed by atoms with Gasteiger partial charge in [0, 0.05) is 18.6 Å². The fourth-order valence-electron chi connectivity index (χ4n) is 2.48. The molecule has 3 aromatic heterocycles. The number of nitrogens with zero attached hydrogens (tertiary/aromatic N) is 4. The Morgan fingerprint density at radius 3 is 2.68 bits per heavy atom. The Hall–Kier alpha value is -3.02. The Bertz CT molecular complexity index is 816. The van der Waals surface area contributed by atoms with Crippen molar-refractivity contribution in [2.75, 3.05) is 0 Å². The van der Waals surface area contributed by atoms with Crippen LogP contribution in [0.3, 0.4) is 0 Å². The van der Waals surface area contributed by atoms with Crippen LogP contribution in [0.1, 0.15) is 42.6 Å². The molecule has 0 radical (unpaired) electrons. The van der Waals surface area contributed by atoms with Crippen LogP contribution in [0.4, 0.5) is 0 Å². The summed E-state index contributed by atoms with van der Waals surface area (Å²) >= 11 is 0. The smallest absolute Gasteiger partial charge is 0.357 e. The number of hydrogen-bond acceptors (Lipinski definition) is 5. The number of carbonyl (C=O) groups is 1. The number of esters is 1. The molecular formula is C19H20N4O2. The molecule has 6 heteroatoms. The second kappa shape index (κ2) is 7.70. The van der Waals surface area contributed by atoms with E-state index in [0.29, 0.717) is 18.2 Å². The van der Waals surface area contributed by atoms with E-state index >= 15 is 0 Å². The van der Waals surface area contributed by atoms with E-state index in [1.807, 2.05) is 18.2 Å². The highest BCUT2D eigenvalue weighted by atomic mass is 16.5. The maximum absolute atomic E-state index is 12.6. The van der Waals surface area contributed by atoms with Crippen LogP contribution in [0.2, 0.25) is 0 Å². The SMILES string of the molecule is CC(C)C[C@H](OC(=O)c1cccc(-n2cccn2)n1)c1ccccn1. The third-order valence-corrected chi connectivity index (χ3v) is 3.64. The molecule has 1 atom stereocenters. The highest BCUT2D eigenvalue weighted by molar-refractivity contribution is 5.87. The van der Waals surface area contributed by atoms with Crippen molar-refractivity contribution in [3.8, 4) is 5.82 Å². The van der Waals surface area contributed by atoms with E-state index in [9.17, 15) is 4.79 Å². The lowest BCUT2D eigenvalue weighted by Crippen LogP contribution is -2.16. The number of rotatable bonds is 6. The first-order chi connectivity index (χ1) is 12.1. The van der Waals surface area contributed by atoms with E-state index in [4.69, 9.17) is 4.74 Å². The van der Waals surface area contributed by atoms with E-state index in [2.05, 4.69) is 28.9 Å². The minimum atomic E-state index is -0.467. The lowest BCUT2D eigenvalue weighted by Gasteiger charge is -2.19. The first kappa shape index (κ1) is 16.8. The fraction of sp³-hybridized carbons (Fsp3) is 0.263. The van der Waals surface area contributed by atoms with Crippen LogP contribution in [0.5, 0.6) is 0 Å². The Morgan fingerprint density at radius 2 is 2.00 bits per heavy atom. The van der Waals surface area contributed by atoms with Crippen LogP contribution < -0.4 is 0 Å². The van der Waals surface area contributed by atoms with Gasteiger partial charge in [-0.05, 0) is 42.7 Å². The van der Waals surface area contributed by atoms with Gasteiger partial charge in [0.05, 0.1) is 5.69 Å². The molecule has 0 saturated heterocycles. The predicted molar refractivity (Wildman–Crippen MR) is 93.2 cm³/mol. The summed E-state index contributed by atoms with van der Waals surface area (Å²) < 4.78 is 7.31. The van der Waals surface area contributed by atoms with Crippen molar-refractivity contribution in [1.29, 1.82) is 0 Å². The summed E-state index contributed by atoms with van der Waals surface area (Å²) in [5, 5.41) is 4.13. The highest BCUT2D eigenvalue weighted by Gasteiger charge is 2.21. The number of carbonyl (C=O) groups excluding carboxylic acids is 1. The largest absolute Gasteiger partial charge is 0.451 e. The highest BCUT2D eigenvalue weighted by Crippen LogP contribution is 2.24. The Labute approximate surface area is 146 Å². The van der Waals surface area contributed by atoms with Crippen molar-refractivity contribution in [1.82, 2.24) is 19.7 Å². The van der Waals surface area contributed by atoms with Crippen LogP contribution in [0.15, 0.2) is 61.1 Å². The quantitative estimate of drug-likeness (QED) is 0.643. The minimum Gasteiger partial charge on any atom is -0.451 e. The van der Waals surface area contributed by atoms with Gasteiger partial charge >= 0.3 is 5.97 Å². The van der Waals surface area contributed by atoms with E-state index in [0.717, 1.165) is 5.69 Å². The van der Waals surface area contributed by atoms with Gasteiger partial charge < -0.3 is 4.74 Å². The zero-order valence-electron chi connectivity index (χ0n) is 14.2. The number of ether oxygens (including phenoxy) is 1. The second-order valence-corrected chi connectivity index (χ2v) is 6.11. The van der Waals surface area contributed by atoms with Crippen molar-refractivity contribution < 1.29 is 9.53 Å². The normalized spacial score (nSPS) is 12.1. The topological polar surface area (TPSA) is 69.9 Å². The van der Waals surface area contributed by atoms with Gasteiger partial charge in [0.1, 0.15) is 6.10 Å². The minimum absolute atomic E-state index is 0.248. The molecule has 0 aromatic carbocycles. The molecule has 0 aliphatic heterocycles. The van der Waals surface area contributed by atoms with Crippen LogP contribution in [0, 0.1) is 5.92 Å².